The molecule has 0 bridgehead atoms. The molecule has 2 unspecified atom stereocenters. The van der Waals surface area contributed by atoms with Gasteiger partial charge in [-0.05, 0) is 46.2 Å². The quantitative estimate of drug-likeness (QED) is 0.496. The van der Waals surface area contributed by atoms with Gasteiger partial charge in [0.05, 0.1) is 6.10 Å². The number of rotatable bonds is 7. The van der Waals surface area contributed by atoms with Gasteiger partial charge in [0.2, 0.25) is 0 Å². The van der Waals surface area contributed by atoms with Crippen molar-refractivity contribution in [3.05, 3.63) is 94.5 Å². The summed E-state index contributed by atoms with van der Waals surface area (Å²) in [5, 5.41) is 23.6. The highest BCUT2D eigenvalue weighted by Gasteiger charge is 2.29. The van der Waals surface area contributed by atoms with E-state index in [9.17, 15) is 19.8 Å². The second kappa shape index (κ2) is 9.41. The molecule has 0 heterocycles. The van der Waals surface area contributed by atoms with Crippen molar-refractivity contribution in [1.29, 1.82) is 0 Å². The topological polar surface area (TPSA) is 95.9 Å². The third-order valence-corrected chi connectivity index (χ3v) is 6.81. The van der Waals surface area contributed by atoms with E-state index in [-0.39, 0.29) is 31.3 Å². The predicted molar refractivity (Wildman–Crippen MR) is 128 cm³/mol. The van der Waals surface area contributed by atoms with Gasteiger partial charge in [0.15, 0.2) is 5.78 Å². The molecule has 6 heteroatoms. The molecule has 3 aromatic rings. The van der Waals surface area contributed by atoms with Crippen molar-refractivity contribution in [1.82, 2.24) is 5.32 Å². The number of carbonyl (C=O) groups excluding carboxylic acids is 2. The van der Waals surface area contributed by atoms with E-state index in [2.05, 4.69) is 29.6 Å². The molecule has 0 aromatic heterocycles. The summed E-state index contributed by atoms with van der Waals surface area (Å²) in [6.07, 6.45) is -1.38. The summed E-state index contributed by atoms with van der Waals surface area (Å²) in [5.41, 5.74) is 6.80. The number of benzene rings is 3. The van der Waals surface area contributed by atoms with Crippen LogP contribution in [0.25, 0.3) is 11.1 Å². The van der Waals surface area contributed by atoms with E-state index >= 15 is 0 Å². The first-order valence-electron chi connectivity index (χ1n) is 11.6. The van der Waals surface area contributed by atoms with Crippen LogP contribution in [0, 0.1) is 0 Å². The van der Waals surface area contributed by atoms with Crippen LogP contribution in [0.3, 0.4) is 0 Å². The average molecular weight is 458 g/mol. The normalized spacial score (nSPS) is 15.9. The smallest absolute Gasteiger partial charge is 0.407 e. The molecule has 2 aliphatic rings. The van der Waals surface area contributed by atoms with Crippen molar-refractivity contribution < 1.29 is 24.5 Å². The lowest BCUT2D eigenvalue weighted by molar-refractivity contribution is 0.0136. The van der Waals surface area contributed by atoms with Gasteiger partial charge in [-0.3, -0.25) is 4.79 Å². The van der Waals surface area contributed by atoms with E-state index in [1.165, 1.54) is 11.1 Å². The van der Waals surface area contributed by atoms with Crippen molar-refractivity contribution in [3.63, 3.8) is 0 Å². The van der Waals surface area contributed by atoms with Gasteiger partial charge in [-0.1, -0.05) is 66.7 Å². The molecular weight excluding hydrogens is 430 g/mol. The van der Waals surface area contributed by atoms with Crippen LogP contribution in [0.15, 0.2) is 66.7 Å². The fourth-order valence-electron chi connectivity index (χ4n) is 5.01. The maximum atomic E-state index is 12.3. The van der Waals surface area contributed by atoms with Crippen LogP contribution >= 0.6 is 0 Å². The molecule has 2 atom stereocenters. The molecule has 34 heavy (non-hydrogen) atoms. The Labute approximate surface area is 198 Å². The van der Waals surface area contributed by atoms with Crippen molar-refractivity contribution in [2.75, 3.05) is 13.2 Å². The molecule has 0 spiro atoms. The van der Waals surface area contributed by atoms with Gasteiger partial charge < -0.3 is 20.3 Å². The maximum absolute atomic E-state index is 12.3. The number of hydrogen-bond acceptors (Lipinski definition) is 5. The van der Waals surface area contributed by atoms with Crippen molar-refractivity contribution >= 4 is 11.9 Å². The van der Waals surface area contributed by atoms with Crippen LogP contribution in [0.2, 0.25) is 0 Å². The lowest BCUT2D eigenvalue weighted by Crippen LogP contribution is -2.30. The molecule has 0 aliphatic heterocycles. The maximum Gasteiger partial charge on any atom is 0.407 e. The van der Waals surface area contributed by atoms with E-state index < -0.39 is 18.3 Å². The van der Waals surface area contributed by atoms with Crippen molar-refractivity contribution in [2.45, 2.75) is 37.4 Å². The standard InChI is InChI=1S/C28H27NO5/c30-25-12-10-17-15-18(9-11-19(17)25)27(32)26(31)13-14-29-28(33)34-16-24-22-7-3-1-5-20(22)21-6-2-4-8-23(21)24/h1-9,11,15,24,26-27,31-32H,10,12-14,16H2,(H,29,33). The second-order valence-corrected chi connectivity index (χ2v) is 8.89. The minimum Gasteiger partial charge on any atom is -0.449 e. The number of aliphatic hydroxyl groups excluding tert-OH is 2. The van der Waals surface area contributed by atoms with Gasteiger partial charge in [-0.2, -0.15) is 0 Å². The molecule has 0 radical (unpaired) electrons. The number of nitrogens with one attached hydrogen (secondary N) is 1. The SMILES string of the molecule is O=C(NCCC(O)C(O)c1ccc2c(c1)CCC2=O)OCC1c2ccccc2-c2ccccc21. The van der Waals surface area contributed by atoms with Crippen LogP contribution in [0.1, 0.15) is 57.5 Å². The number of amides is 1. The number of aryl methyl sites for hydroxylation is 1. The zero-order valence-electron chi connectivity index (χ0n) is 18.7. The lowest BCUT2D eigenvalue weighted by Gasteiger charge is -2.19. The van der Waals surface area contributed by atoms with Crippen LogP contribution in [0.5, 0.6) is 0 Å². The second-order valence-electron chi connectivity index (χ2n) is 8.89. The van der Waals surface area contributed by atoms with Gasteiger partial charge in [0.25, 0.3) is 0 Å². The van der Waals surface area contributed by atoms with E-state index in [0.29, 0.717) is 24.0 Å². The Bertz CT molecular complexity index is 1190. The van der Waals surface area contributed by atoms with Crippen LogP contribution < -0.4 is 5.32 Å². The molecule has 0 saturated carbocycles. The van der Waals surface area contributed by atoms with Gasteiger partial charge in [-0.25, -0.2) is 4.79 Å². The molecule has 6 nitrogen and oxygen atoms in total. The largest absolute Gasteiger partial charge is 0.449 e. The molecule has 1 amide bonds. The molecule has 2 aliphatic carbocycles. The van der Waals surface area contributed by atoms with E-state index in [1.54, 1.807) is 18.2 Å². The Morgan fingerprint density at radius 3 is 2.32 bits per heavy atom. The molecule has 0 fully saturated rings. The van der Waals surface area contributed by atoms with Crippen LogP contribution in [-0.2, 0) is 11.2 Å². The van der Waals surface area contributed by atoms with E-state index in [0.717, 1.165) is 16.7 Å². The Morgan fingerprint density at radius 1 is 0.941 bits per heavy atom. The average Bonchev–Trinajstić information content (AvgIpc) is 3.39. The Hall–Kier alpha value is -3.48. The van der Waals surface area contributed by atoms with E-state index in [4.69, 9.17) is 4.74 Å². The summed E-state index contributed by atoms with van der Waals surface area (Å²) in [6, 6.07) is 21.5. The fourth-order valence-corrected chi connectivity index (χ4v) is 5.01. The minimum absolute atomic E-state index is 0.0164. The number of ether oxygens (including phenoxy) is 1. The number of alkyl carbamates (subject to hydrolysis) is 1. The number of ketones is 1. The Balaban J connectivity index is 1.12. The number of aliphatic hydroxyl groups is 2. The fraction of sp³-hybridized carbons (Fsp3) is 0.286. The third kappa shape index (κ3) is 4.22. The first-order valence-corrected chi connectivity index (χ1v) is 11.6. The van der Waals surface area contributed by atoms with E-state index in [1.807, 2.05) is 24.3 Å². The highest BCUT2D eigenvalue weighted by atomic mass is 16.5. The molecule has 174 valence electrons. The molecule has 5 rings (SSSR count). The predicted octanol–water partition coefficient (Wildman–Crippen LogP) is 4.14. The molecule has 0 saturated heterocycles. The summed E-state index contributed by atoms with van der Waals surface area (Å²) in [7, 11) is 0. The molecular formula is C28H27NO5. The summed E-state index contributed by atoms with van der Waals surface area (Å²) in [4.78, 5) is 24.1. The monoisotopic (exact) mass is 457 g/mol. The highest BCUT2D eigenvalue weighted by molar-refractivity contribution is 6.00. The van der Waals surface area contributed by atoms with Gasteiger partial charge in [0, 0.05) is 24.4 Å². The summed E-state index contributed by atoms with van der Waals surface area (Å²) >= 11 is 0. The number of carbonyl (C=O) groups is 2. The summed E-state index contributed by atoms with van der Waals surface area (Å²) in [5.74, 6) is 0.0983. The summed E-state index contributed by atoms with van der Waals surface area (Å²) < 4.78 is 5.50. The number of fused-ring (bicyclic) bond motifs is 4. The zero-order chi connectivity index (χ0) is 23.7. The highest BCUT2D eigenvalue weighted by Crippen LogP contribution is 2.44. The minimum atomic E-state index is -1.09. The van der Waals surface area contributed by atoms with Crippen molar-refractivity contribution in [3.8, 4) is 11.1 Å². The number of hydrogen-bond donors (Lipinski definition) is 3. The lowest BCUT2D eigenvalue weighted by atomic mass is 9.98. The summed E-state index contributed by atoms with van der Waals surface area (Å²) in [6.45, 7) is 0.386. The third-order valence-electron chi connectivity index (χ3n) is 6.81. The van der Waals surface area contributed by atoms with Crippen LogP contribution in [-0.4, -0.2) is 41.3 Å². The Kier molecular flexibility index (Phi) is 6.18. The number of Topliss-reactive ketones (excluding diaryl/α,β-unsaturated/α-hetero) is 1. The first kappa shape index (κ1) is 22.3. The zero-order valence-corrected chi connectivity index (χ0v) is 18.7. The van der Waals surface area contributed by atoms with Gasteiger partial charge in [0.1, 0.15) is 12.7 Å². The molecule has 3 aromatic carbocycles. The van der Waals surface area contributed by atoms with Crippen molar-refractivity contribution in [2.24, 2.45) is 0 Å². The molecule has 3 N–H and O–H groups in total. The van der Waals surface area contributed by atoms with Gasteiger partial charge in [-0.15, -0.1) is 0 Å². The van der Waals surface area contributed by atoms with Crippen LogP contribution in [0.4, 0.5) is 4.79 Å². The van der Waals surface area contributed by atoms with Gasteiger partial charge >= 0.3 is 6.09 Å². The first-order chi connectivity index (χ1) is 16.5. The Morgan fingerprint density at radius 2 is 1.62 bits per heavy atom.